The lowest BCUT2D eigenvalue weighted by molar-refractivity contribution is -0.146. The third-order valence-corrected chi connectivity index (χ3v) is 5.22. The number of aromatic nitrogens is 3. The van der Waals surface area contributed by atoms with Gasteiger partial charge in [0, 0.05) is 12.0 Å². The van der Waals surface area contributed by atoms with Crippen molar-refractivity contribution in [2.24, 2.45) is 0 Å². The number of pyridine rings is 1. The molecule has 1 aromatic carbocycles. The molecule has 0 radical (unpaired) electrons. The molecule has 0 bridgehead atoms. The summed E-state index contributed by atoms with van der Waals surface area (Å²) in [5.74, 6) is -2.96. The zero-order valence-corrected chi connectivity index (χ0v) is 15.1. The predicted molar refractivity (Wildman–Crippen MR) is 97.9 cm³/mol. The molecule has 1 saturated heterocycles. The number of halogens is 3. The second-order valence-corrected chi connectivity index (χ2v) is 7.13. The number of ether oxygens (including phenoxy) is 1. The number of hydrogen-bond acceptors (Lipinski definition) is 4. The van der Waals surface area contributed by atoms with Crippen molar-refractivity contribution < 1.29 is 17.9 Å². The van der Waals surface area contributed by atoms with Crippen molar-refractivity contribution in [2.75, 3.05) is 13.2 Å². The Morgan fingerprint density at radius 3 is 2.61 bits per heavy atom. The summed E-state index contributed by atoms with van der Waals surface area (Å²) in [7, 11) is 0. The van der Waals surface area contributed by atoms with Crippen LogP contribution in [-0.2, 0) is 4.74 Å². The predicted octanol–water partition coefficient (Wildman–Crippen LogP) is 4.56. The van der Waals surface area contributed by atoms with Gasteiger partial charge in [0.25, 0.3) is 5.92 Å². The number of hydrogen-bond donors (Lipinski definition) is 0. The summed E-state index contributed by atoms with van der Waals surface area (Å²) >= 11 is 0. The van der Waals surface area contributed by atoms with Crippen LogP contribution in [0.5, 0.6) is 0 Å². The average Bonchev–Trinajstić information content (AvgIpc) is 3.10. The van der Waals surface area contributed by atoms with Crippen molar-refractivity contribution in [2.45, 2.75) is 43.8 Å². The normalized spacial score (nSPS) is 21.6. The van der Waals surface area contributed by atoms with E-state index in [1.807, 2.05) is 0 Å². The van der Waals surface area contributed by atoms with E-state index in [1.54, 1.807) is 24.4 Å². The lowest BCUT2D eigenvalue weighted by Gasteiger charge is -2.32. The highest BCUT2D eigenvalue weighted by Gasteiger charge is 2.44. The summed E-state index contributed by atoms with van der Waals surface area (Å²) in [4.78, 5) is 8.49. The van der Waals surface area contributed by atoms with Gasteiger partial charge in [-0.2, -0.15) is 5.26 Å². The maximum Gasteiger partial charge on any atom is 0.291 e. The van der Waals surface area contributed by atoms with Crippen LogP contribution in [-0.4, -0.2) is 39.8 Å². The Hall–Kier alpha value is -2.66. The molecule has 5 rings (SSSR count). The fraction of sp³-hybridized carbons (Fsp3) is 0.450. The van der Waals surface area contributed by atoms with Crippen molar-refractivity contribution in [3.05, 3.63) is 36.3 Å². The second kappa shape index (κ2) is 7.40. The van der Waals surface area contributed by atoms with Crippen molar-refractivity contribution in [1.82, 2.24) is 14.5 Å². The zero-order chi connectivity index (χ0) is 19.7. The Morgan fingerprint density at radius 2 is 1.96 bits per heavy atom. The van der Waals surface area contributed by atoms with Crippen LogP contribution in [0.1, 0.15) is 37.3 Å². The van der Waals surface area contributed by atoms with Gasteiger partial charge >= 0.3 is 0 Å². The average molecular weight is 388 g/mol. The van der Waals surface area contributed by atoms with Crippen LogP contribution in [0, 0.1) is 11.3 Å². The largest absolute Gasteiger partial charge is 0.375 e. The van der Waals surface area contributed by atoms with Crippen molar-refractivity contribution in [3.63, 3.8) is 0 Å². The summed E-state index contributed by atoms with van der Waals surface area (Å²) in [5.41, 5.74) is 2.22. The van der Waals surface area contributed by atoms with Gasteiger partial charge in [0.15, 0.2) is 0 Å². The van der Waals surface area contributed by atoms with Crippen LogP contribution in [0.3, 0.4) is 0 Å². The Morgan fingerprint density at radius 1 is 1.18 bits per heavy atom. The molecule has 8 heteroatoms. The van der Waals surface area contributed by atoms with Crippen LogP contribution in [0.2, 0.25) is 0 Å². The summed E-state index contributed by atoms with van der Waals surface area (Å²) in [6.07, 6.45) is 5.52. The molecule has 1 atom stereocenters. The highest BCUT2D eigenvalue weighted by molar-refractivity contribution is 6.02. The first-order chi connectivity index (χ1) is 13.5. The minimum Gasteiger partial charge on any atom is -0.375 e. The van der Waals surface area contributed by atoms with E-state index >= 15 is 0 Å². The van der Waals surface area contributed by atoms with E-state index < -0.39 is 24.7 Å². The van der Waals surface area contributed by atoms with Gasteiger partial charge in [0.2, 0.25) is 0 Å². The molecule has 0 N–H and O–H groups in total. The van der Waals surface area contributed by atoms with Crippen LogP contribution >= 0.6 is 0 Å². The highest BCUT2D eigenvalue weighted by Crippen LogP contribution is 2.38. The van der Waals surface area contributed by atoms with Gasteiger partial charge in [-0.3, -0.25) is 4.98 Å². The topological polar surface area (TPSA) is 63.7 Å². The fourth-order valence-electron chi connectivity index (χ4n) is 3.43. The smallest absolute Gasteiger partial charge is 0.291 e. The molecule has 1 aliphatic heterocycles. The number of nitrogens with zero attached hydrogens (tertiary/aromatic N) is 4. The van der Waals surface area contributed by atoms with Crippen LogP contribution < -0.4 is 0 Å². The van der Waals surface area contributed by atoms with E-state index in [4.69, 9.17) is 10.00 Å². The Bertz CT molecular complexity index is 1040. The summed E-state index contributed by atoms with van der Waals surface area (Å²) < 4.78 is 46.5. The standard InChI is InChI=1S/C16H12F2N4O.C4H7F/c17-16(18)8-23-4-3-14(16)22-9-21-13-7-20-12-2-1-10(6-19)5-11(12)15(13)22;5-4-2-1-3-4/h1-2,5,7,9,14H,3-4,8H2;4H,1-3H2. The molecule has 0 amide bonds. The molecule has 1 aliphatic carbocycles. The minimum atomic E-state index is -2.96. The van der Waals surface area contributed by atoms with Crippen molar-refractivity contribution in [3.8, 4) is 6.07 Å². The van der Waals surface area contributed by atoms with Gasteiger partial charge in [0.1, 0.15) is 24.3 Å². The summed E-state index contributed by atoms with van der Waals surface area (Å²) in [6.45, 7) is -0.309. The molecule has 146 valence electrons. The van der Waals surface area contributed by atoms with Crippen LogP contribution in [0.15, 0.2) is 30.7 Å². The van der Waals surface area contributed by atoms with Crippen molar-refractivity contribution in [1.29, 1.82) is 5.26 Å². The van der Waals surface area contributed by atoms with Crippen LogP contribution in [0.4, 0.5) is 13.2 Å². The molecule has 1 saturated carbocycles. The van der Waals surface area contributed by atoms with Gasteiger partial charge in [-0.05, 0) is 43.9 Å². The van der Waals surface area contributed by atoms with E-state index in [0.717, 1.165) is 19.3 Å². The number of nitriles is 1. The number of fused-ring (bicyclic) bond motifs is 3. The van der Waals surface area contributed by atoms with E-state index in [9.17, 15) is 13.2 Å². The van der Waals surface area contributed by atoms with Crippen LogP contribution in [0.25, 0.3) is 21.9 Å². The van der Waals surface area contributed by atoms with E-state index in [-0.39, 0.29) is 13.0 Å². The molecule has 3 heterocycles. The molecule has 2 aromatic heterocycles. The molecule has 28 heavy (non-hydrogen) atoms. The molecular formula is C20H19F3N4O. The SMILES string of the molecule is FC1CCC1.N#Cc1ccc2ncc3ncn(C4CCOCC4(F)F)c3c2c1. The van der Waals surface area contributed by atoms with Gasteiger partial charge in [-0.15, -0.1) is 0 Å². The first-order valence-corrected chi connectivity index (χ1v) is 9.24. The molecular weight excluding hydrogens is 369 g/mol. The summed E-state index contributed by atoms with van der Waals surface area (Å²) in [5, 5.41) is 9.75. The first-order valence-electron chi connectivity index (χ1n) is 9.24. The molecule has 0 spiro atoms. The van der Waals surface area contributed by atoms with Gasteiger partial charge in [-0.1, -0.05) is 0 Å². The Kier molecular flexibility index (Phi) is 4.94. The summed E-state index contributed by atoms with van der Waals surface area (Å²) in [6, 6.07) is 6.09. The van der Waals surface area contributed by atoms with E-state index in [0.29, 0.717) is 27.5 Å². The van der Waals surface area contributed by atoms with Gasteiger partial charge in [-0.25, -0.2) is 18.2 Å². The molecule has 5 nitrogen and oxygen atoms in total. The third-order valence-electron chi connectivity index (χ3n) is 5.22. The number of rotatable bonds is 1. The lowest BCUT2D eigenvalue weighted by atomic mass is 9.98. The Labute approximate surface area is 159 Å². The molecule has 2 fully saturated rings. The third kappa shape index (κ3) is 3.42. The highest BCUT2D eigenvalue weighted by atomic mass is 19.3. The molecule has 2 aliphatic rings. The van der Waals surface area contributed by atoms with Gasteiger partial charge in [0.05, 0.1) is 35.2 Å². The van der Waals surface area contributed by atoms with Crippen molar-refractivity contribution >= 4 is 21.9 Å². The number of imidazole rings is 1. The van der Waals surface area contributed by atoms with E-state index in [1.165, 1.54) is 10.9 Å². The maximum atomic E-state index is 14.3. The quantitative estimate of drug-likeness (QED) is 0.613. The van der Waals surface area contributed by atoms with E-state index in [2.05, 4.69) is 16.0 Å². The van der Waals surface area contributed by atoms with Gasteiger partial charge < -0.3 is 9.30 Å². The molecule has 1 unspecified atom stereocenters. The Balaban J connectivity index is 0.000000336. The maximum absolute atomic E-state index is 14.3. The lowest BCUT2D eigenvalue weighted by Crippen LogP contribution is -2.40. The zero-order valence-electron chi connectivity index (χ0n) is 15.1. The fourth-order valence-corrected chi connectivity index (χ4v) is 3.43. The monoisotopic (exact) mass is 388 g/mol. The second-order valence-electron chi connectivity index (χ2n) is 7.13. The number of benzene rings is 1. The number of alkyl halides is 3. The molecule has 3 aromatic rings. The minimum absolute atomic E-state index is 0.209. The first kappa shape index (κ1) is 18.7.